The highest BCUT2D eigenvalue weighted by molar-refractivity contribution is 8.02. The molecule has 0 radical (unpaired) electrons. The lowest BCUT2D eigenvalue weighted by atomic mass is 10.0. The number of ether oxygens (including phenoxy) is 1. The predicted molar refractivity (Wildman–Crippen MR) is 173 cm³/mol. The number of sulfonamides is 1. The first kappa shape index (κ1) is 35.0. The third kappa shape index (κ3) is 8.30. The molecule has 0 spiro atoms. The fourth-order valence-electron chi connectivity index (χ4n) is 5.21. The van der Waals surface area contributed by atoms with Gasteiger partial charge in [-0.2, -0.15) is 4.31 Å². The molecule has 0 aromatic heterocycles. The van der Waals surface area contributed by atoms with Crippen LogP contribution in [0.4, 0.5) is 9.59 Å². The number of benzene rings is 2. The SMILES string of the molecule is CCCNC(=O)N1CCN(C(=O)Oc2ccc(C[C@H](NC(=O)[C@H]3N(S(=O)(=O)c4ccc(C)cc4)CSC3(C)C)C(=O)O)cc2)CC1. The van der Waals surface area contributed by atoms with Crippen molar-refractivity contribution in [3.8, 4) is 5.75 Å². The first-order valence-electron chi connectivity index (χ1n) is 15.1. The van der Waals surface area contributed by atoms with Crippen molar-refractivity contribution in [2.75, 3.05) is 38.6 Å². The second-order valence-electron chi connectivity index (χ2n) is 11.8. The van der Waals surface area contributed by atoms with Gasteiger partial charge in [-0.05, 0) is 57.0 Å². The molecule has 2 atom stereocenters. The number of nitrogens with zero attached hydrogens (tertiary/aromatic N) is 3. The molecule has 250 valence electrons. The summed E-state index contributed by atoms with van der Waals surface area (Å²) in [4.78, 5) is 53.8. The molecule has 0 unspecified atom stereocenters. The van der Waals surface area contributed by atoms with Gasteiger partial charge in [0.1, 0.15) is 17.8 Å². The van der Waals surface area contributed by atoms with Gasteiger partial charge in [-0.3, -0.25) is 4.79 Å². The Morgan fingerprint density at radius 2 is 1.61 bits per heavy atom. The Balaban J connectivity index is 1.36. The lowest BCUT2D eigenvalue weighted by Gasteiger charge is -2.34. The van der Waals surface area contributed by atoms with Crippen LogP contribution >= 0.6 is 11.8 Å². The van der Waals surface area contributed by atoms with Crippen LogP contribution in [0, 0.1) is 6.92 Å². The molecule has 0 aliphatic carbocycles. The zero-order chi connectivity index (χ0) is 33.6. The third-order valence-electron chi connectivity index (χ3n) is 7.92. The number of carboxylic acids is 1. The molecular weight excluding hydrogens is 635 g/mol. The highest BCUT2D eigenvalue weighted by atomic mass is 32.2. The number of thioether (sulfide) groups is 1. The first-order chi connectivity index (χ1) is 21.7. The molecule has 3 N–H and O–H groups in total. The zero-order valence-electron chi connectivity index (χ0n) is 26.4. The Labute approximate surface area is 273 Å². The zero-order valence-corrected chi connectivity index (χ0v) is 28.0. The molecule has 2 aromatic carbocycles. The van der Waals surface area contributed by atoms with E-state index in [9.17, 15) is 32.7 Å². The van der Waals surface area contributed by atoms with E-state index in [1.165, 1.54) is 40.9 Å². The molecule has 2 fully saturated rings. The maximum absolute atomic E-state index is 13.6. The summed E-state index contributed by atoms with van der Waals surface area (Å²) in [6.07, 6.45) is 0.197. The molecule has 13 nitrogen and oxygen atoms in total. The Kier molecular flexibility index (Phi) is 11.2. The Hall–Kier alpha value is -3.82. The van der Waals surface area contributed by atoms with Gasteiger partial charge < -0.3 is 30.3 Å². The van der Waals surface area contributed by atoms with Gasteiger partial charge in [0.25, 0.3) is 0 Å². The Bertz CT molecular complexity index is 1520. The lowest BCUT2D eigenvalue weighted by Crippen LogP contribution is -2.56. The van der Waals surface area contributed by atoms with Crippen molar-refractivity contribution in [2.45, 2.75) is 62.3 Å². The normalized spacial score (nSPS) is 18.9. The molecule has 15 heteroatoms. The second-order valence-corrected chi connectivity index (χ2v) is 15.3. The average molecular weight is 676 g/mol. The Morgan fingerprint density at radius 3 is 2.20 bits per heavy atom. The van der Waals surface area contributed by atoms with Crippen LogP contribution in [0.5, 0.6) is 5.75 Å². The minimum Gasteiger partial charge on any atom is -0.480 e. The summed E-state index contributed by atoms with van der Waals surface area (Å²) in [6, 6.07) is 9.99. The lowest BCUT2D eigenvalue weighted by molar-refractivity contribution is -0.142. The molecule has 2 aliphatic heterocycles. The number of aryl methyl sites for hydroxylation is 1. The van der Waals surface area contributed by atoms with Crippen molar-refractivity contribution >= 4 is 45.8 Å². The molecule has 46 heavy (non-hydrogen) atoms. The fourth-order valence-corrected chi connectivity index (χ4v) is 8.38. The smallest absolute Gasteiger partial charge is 0.415 e. The van der Waals surface area contributed by atoms with Gasteiger partial charge in [-0.25, -0.2) is 22.8 Å². The number of amides is 4. The fraction of sp³-hybridized carbons (Fsp3) is 0.484. The van der Waals surface area contributed by atoms with E-state index in [0.29, 0.717) is 38.3 Å². The number of piperazine rings is 1. The van der Waals surface area contributed by atoms with Gasteiger partial charge in [0.05, 0.1) is 10.8 Å². The highest BCUT2D eigenvalue weighted by Crippen LogP contribution is 2.42. The molecular formula is C31H41N5O8S2. The summed E-state index contributed by atoms with van der Waals surface area (Å²) in [6.45, 7) is 9.35. The van der Waals surface area contributed by atoms with Crippen molar-refractivity contribution in [3.63, 3.8) is 0 Å². The summed E-state index contributed by atoms with van der Waals surface area (Å²) in [7, 11) is -4.03. The number of rotatable bonds is 10. The quantitative estimate of drug-likeness (QED) is 0.343. The number of hydrogen-bond donors (Lipinski definition) is 3. The van der Waals surface area contributed by atoms with E-state index < -0.39 is 44.8 Å². The Morgan fingerprint density at radius 1 is 1.00 bits per heavy atom. The van der Waals surface area contributed by atoms with Crippen LogP contribution in [-0.2, 0) is 26.0 Å². The van der Waals surface area contributed by atoms with Crippen molar-refractivity contribution in [2.24, 2.45) is 0 Å². The van der Waals surface area contributed by atoms with Crippen molar-refractivity contribution < 1.29 is 37.4 Å². The van der Waals surface area contributed by atoms with E-state index in [2.05, 4.69) is 10.6 Å². The molecule has 2 saturated heterocycles. The minimum absolute atomic E-state index is 0.0448. The van der Waals surface area contributed by atoms with E-state index in [0.717, 1.165) is 16.3 Å². The summed E-state index contributed by atoms with van der Waals surface area (Å²) in [5.41, 5.74) is 1.45. The predicted octanol–water partition coefficient (Wildman–Crippen LogP) is 2.89. The van der Waals surface area contributed by atoms with Gasteiger partial charge >= 0.3 is 18.1 Å². The van der Waals surface area contributed by atoms with Gasteiger partial charge in [0.15, 0.2) is 0 Å². The molecule has 2 aliphatic rings. The minimum atomic E-state index is -4.03. The van der Waals surface area contributed by atoms with E-state index in [4.69, 9.17) is 4.74 Å². The number of carbonyl (C=O) groups excluding carboxylic acids is 3. The summed E-state index contributed by atoms with van der Waals surface area (Å²) < 4.78 is 32.8. The molecule has 2 heterocycles. The average Bonchev–Trinajstić information content (AvgIpc) is 3.36. The van der Waals surface area contributed by atoms with E-state index in [1.807, 2.05) is 13.8 Å². The standard InChI is InChI=1S/C31H41N5O8S2/c1-5-14-32-29(40)34-15-17-35(18-16-34)30(41)44-23-10-8-22(9-11-23)19-25(28(38)39)33-27(37)26-31(3,4)45-20-36(26)46(42,43)24-12-6-21(2)7-13-24/h6-13,25-26H,5,14-20H2,1-4H3,(H,32,40)(H,33,37)(H,38,39)/t25-,26+/m0/s1. The third-order valence-corrected chi connectivity index (χ3v) is 11.3. The van der Waals surface area contributed by atoms with Crippen LogP contribution in [0.2, 0.25) is 0 Å². The van der Waals surface area contributed by atoms with Crippen LogP contribution in [-0.4, -0.2) is 107 Å². The van der Waals surface area contributed by atoms with Crippen molar-refractivity contribution in [3.05, 3.63) is 59.7 Å². The van der Waals surface area contributed by atoms with Gasteiger partial charge in [0.2, 0.25) is 15.9 Å². The van der Waals surface area contributed by atoms with Crippen LogP contribution < -0.4 is 15.4 Å². The largest absolute Gasteiger partial charge is 0.480 e. The van der Waals surface area contributed by atoms with Crippen molar-refractivity contribution in [1.29, 1.82) is 0 Å². The summed E-state index contributed by atoms with van der Waals surface area (Å²) in [5.74, 6) is -1.67. The monoisotopic (exact) mass is 675 g/mol. The van der Waals surface area contributed by atoms with Crippen LogP contribution in [0.25, 0.3) is 0 Å². The number of carbonyl (C=O) groups is 4. The van der Waals surface area contributed by atoms with E-state index in [1.54, 1.807) is 43.0 Å². The second kappa shape index (κ2) is 14.7. The van der Waals surface area contributed by atoms with Crippen LogP contribution in [0.1, 0.15) is 38.3 Å². The van der Waals surface area contributed by atoms with Crippen LogP contribution in [0.3, 0.4) is 0 Å². The maximum atomic E-state index is 13.6. The van der Waals surface area contributed by atoms with Gasteiger partial charge in [-0.1, -0.05) is 36.8 Å². The van der Waals surface area contributed by atoms with E-state index in [-0.39, 0.29) is 29.0 Å². The molecule has 4 rings (SSSR count). The molecule has 4 amide bonds. The molecule has 0 bridgehead atoms. The summed E-state index contributed by atoms with van der Waals surface area (Å²) in [5, 5.41) is 15.3. The summed E-state index contributed by atoms with van der Waals surface area (Å²) >= 11 is 1.30. The number of urea groups is 1. The molecule has 2 aromatic rings. The molecule has 0 saturated carbocycles. The van der Waals surface area contributed by atoms with Crippen LogP contribution in [0.15, 0.2) is 53.4 Å². The number of carboxylic acid groups (broad SMARTS) is 1. The number of aliphatic carboxylic acids is 1. The van der Waals surface area contributed by atoms with Crippen molar-refractivity contribution in [1.82, 2.24) is 24.7 Å². The van der Waals surface area contributed by atoms with Gasteiger partial charge in [-0.15, -0.1) is 11.8 Å². The number of hydrogen-bond acceptors (Lipinski definition) is 8. The van der Waals surface area contributed by atoms with E-state index >= 15 is 0 Å². The number of nitrogens with one attached hydrogen (secondary N) is 2. The topological polar surface area (TPSA) is 166 Å². The first-order valence-corrected chi connectivity index (χ1v) is 17.5. The van der Waals surface area contributed by atoms with Gasteiger partial charge in [0, 0.05) is 43.9 Å². The highest BCUT2D eigenvalue weighted by Gasteiger charge is 2.51. The maximum Gasteiger partial charge on any atom is 0.415 e.